The molecule has 1 fully saturated rings. The molecule has 0 heterocycles. The fourth-order valence-electron chi connectivity index (χ4n) is 2.87. The van der Waals surface area contributed by atoms with Crippen molar-refractivity contribution in [3.8, 4) is 0 Å². The van der Waals surface area contributed by atoms with Gasteiger partial charge in [0.1, 0.15) is 0 Å². The third kappa shape index (κ3) is 4.66. The third-order valence-electron chi connectivity index (χ3n) is 4.18. The summed E-state index contributed by atoms with van der Waals surface area (Å²) in [4.78, 5) is 12.1. The zero-order chi connectivity index (χ0) is 14.2. The molecule has 0 bridgehead atoms. The van der Waals surface area contributed by atoms with Crippen LogP contribution in [0.5, 0.6) is 0 Å². The summed E-state index contributed by atoms with van der Waals surface area (Å²) in [6, 6.07) is 8.43. The molecule has 2 heteroatoms. The Morgan fingerprint density at radius 2 is 1.85 bits per heavy atom. The van der Waals surface area contributed by atoms with Gasteiger partial charge in [-0.05, 0) is 36.5 Å². The lowest BCUT2D eigenvalue weighted by atomic mass is 9.84. The van der Waals surface area contributed by atoms with Crippen molar-refractivity contribution in [2.45, 2.75) is 57.8 Å². The number of benzene rings is 1. The molecule has 20 heavy (non-hydrogen) atoms. The highest BCUT2D eigenvalue weighted by Gasteiger charge is 2.15. The van der Waals surface area contributed by atoms with Gasteiger partial charge in [0, 0.05) is 5.56 Å². The molecule has 1 saturated carbocycles. The summed E-state index contributed by atoms with van der Waals surface area (Å²) < 4.78 is 0. The maximum atomic E-state index is 12.1. The summed E-state index contributed by atoms with van der Waals surface area (Å²) in [7, 11) is 0. The van der Waals surface area contributed by atoms with Gasteiger partial charge in [0.15, 0.2) is 5.78 Å². The Kier molecular flexibility index (Phi) is 6.65. The minimum atomic E-state index is 0.279. The van der Waals surface area contributed by atoms with Gasteiger partial charge in [-0.25, -0.2) is 0 Å². The number of hydrogen-bond donors (Lipinski definition) is 0. The molecule has 2 rings (SSSR count). The molecular formula is C18H26OS. The van der Waals surface area contributed by atoms with Gasteiger partial charge in [-0.2, -0.15) is 11.8 Å². The molecule has 0 aliphatic heterocycles. The van der Waals surface area contributed by atoms with Crippen LogP contribution >= 0.6 is 11.8 Å². The molecule has 0 aromatic heterocycles. The van der Waals surface area contributed by atoms with E-state index in [0.717, 1.165) is 17.2 Å². The van der Waals surface area contributed by atoms with E-state index in [1.54, 1.807) is 11.8 Å². The number of thioether (sulfide) groups is 1. The van der Waals surface area contributed by atoms with Crippen LogP contribution in [-0.4, -0.2) is 17.3 Å². The first-order valence-electron chi connectivity index (χ1n) is 8.02. The van der Waals surface area contributed by atoms with Gasteiger partial charge in [-0.15, -0.1) is 0 Å². The number of ketones is 1. The Balaban J connectivity index is 1.85. The van der Waals surface area contributed by atoms with Crippen molar-refractivity contribution in [1.29, 1.82) is 0 Å². The first-order valence-corrected chi connectivity index (χ1v) is 9.17. The largest absolute Gasteiger partial charge is 0.293 e. The number of hydrogen-bond acceptors (Lipinski definition) is 2. The lowest BCUT2D eigenvalue weighted by Gasteiger charge is -2.22. The van der Waals surface area contributed by atoms with E-state index in [2.05, 4.69) is 19.1 Å². The summed E-state index contributed by atoms with van der Waals surface area (Å²) in [6.45, 7) is 2.19. The van der Waals surface area contributed by atoms with E-state index in [4.69, 9.17) is 0 Å². The maximum absolute atomic E-state index is 12.1. The normalized spacial score (nSPS) is 16.2. The van der Waals surface area contributed by atoms with E-state index in [9.17, 15) is 4.79 Å². The predicted octanol–water partition coefficient (Wildman–Crippen LogP) is 5.45. The second-order valence-corrected chi connectivity index (χ2v) is 6.89. The Hall–Kier alpha value is -0.760. The van der Waals surface area contributed by atoms with Crippen molar-refractivity contribution in [2.75, 3.05) is 11.5 Å². The highest BCUT2D eigenvalue weighted by molar-refractivity contribution is 7.99. The van der Waals surface area contributed by atoms with Gasteiger partial charge in [0.2, 0.25) is 0 Å². The van der Waals surface area contributed by atoms with Crippen LogP contribution in [-0.2, 0) is 0 Å². The van der Waals surface area contributed by atoms with Crippen LogP contribution in [0.4, 0.5) is 0 Å². The molecule has 0 radical (unpaired) electrons. The monoisotopic (exact) mass is 290 g/mol. The van der Waals surface area contributed by atoms with Crippen LogP contribution in [0.15, 0.2) is 24.3 Å². The highest BCUT2D eigenvalue weighted by atomic mass is 32.2. The van der Waals surface area contributed by atoms with Gasteiger partial charge in [0.25, 0.3) is 0 Å². The lowest BCUT2D eigenvalue weighted by molar-refractivity contribution is 0.102. The molecule has 1 nitrogen and oxygen atoms in total. The SMILES string of the molecule is CCCCSCC(=O)c1ccc(C2CCCCC2)cc1. The van der Waals surface area contributed by atoms with Crippen molar-refractivity contribution >= 4 is 17.5 Å². The smallest absolute Gasteiger partial charge is 0.172 e. The van der Waals surface area contributed by atoms with Crippen LogP contribution in [0.25, 0.3) is 0 Å². The van der Waals surface area contributed by atoms with Gasteiger partial charge in [0.05, 0.1) is 5.75 Å². The van der Waals surface area contributed by atoms with Gasteiger partial charge >= 0.3 is 0 Å². The molecule has 1 aromatic rings. The van der Waals surface area contributed by atoms with Gasteiger partial charge in [-0.3, -0.25) is 4.79 Å². The lowest BCUT2D eigenvalue weighted by Crippen LogP contribution is -2.06. The fraction of sp³-hybridized carbons (Fsp3) is 0.611. The molecule has 1 aromatic carbocycles. The summed E-state index contributed by atoms with van der Waals surface area (Å²) in [6.07, 6.45) is 9.16. The number of unbranched alkanes of at least 4 members (excludes halogenated alkanes) is 1. The Morgan fingerprint density at radius 1 is 1.15 bits per heavy atom. The van der Waals surface area contributed by atoms with Crippen molar-refractivity contribution in [1.82, 2.24) is 0 Å². The molecule has 0 saturated heterocycles. The molecule has 1 aliphatic carbocycles. The zero-order valence-corrected chi connectivity index (χ0v) is 13.4. The second kappa shape index (κ2) is 8.51. The Labute approximate surface area is 127 Å². The van der Waals surface area contributed by atoms with Gasteiger partial charge in [-0.1, -0.05) is 56.9 Å². The minimum absolute atomic E-state index is 0.279. The predicted molar refractivity (Wildman–Crippen MR) is 88.8 cm³/mol. The Bertz CT molecular complexity index is 404. The van der Waals surface area contributed by atoms with Crippen molar-refractivity contribution in [3.63, 3.8) is 0 Å². The first kappa shape index (κ1) is 15.6. The average Bonchev–Trinajstić information content (AvgIpc) is 2.52. The molecular weight excluding hydrogens is 264 g/mol. The molecule has 1 aliphatic rings. The second-order valence-electron chi connectivity index (χ2n) is 5.79. The van der Waals surface area contributed by atoms with E-state index < -0.39 is 0 Å². The van der Waals surface area contributed by atoms with Crippen LogP contribution in [0.2, 0.25) is 0 Å². The van der Waals surface area contributed by atoms with Crippen LogP contribution in [0.1, 0.15) is 73.7 Å². The quantitative estimate of drug-likeness (QED) is 0.490. The van der Waals surface area contributed by atoms with Crippen molar-refractivity contribution < 1.29 is 4.79 Å². The first-order chi connectivity index (χ1) is 9.81. The number of rotatable bonds is 7. The minimum Gasteiger partial charge on any atom is -0.293 e. The van der Waals surface area contributed by atoms with Crippen molar-refractivity contribution in [3.05, 3.63) is 35.4 Å². The average molecular weight is 290 g/mol. The highest BCUT2D eigenvalue weighted by Crippen LogP contribution is 2.32. The molecule has 110 valence electrons. The number of carbonyl (C=O) groups excluding carboxylic acids is 1. The van der Waals surface area contributed by atoms with Crippen LogP contribution in [0, 0.1) is 0 Å². The standard InChI is InChI=1S/C18H26OS/c1-2-3-13-20-14-18(19)17-11-9-16(10-12-17)15-7-5-4-6-8-15/h9-12,15H,2-8,13-14H2,1H3. The summed E-state index contributed by atoms with van der Waals surface area (Å²) in [5.41, 5.74) is 2.31. The Morgan fingerprint density at radius 3 is 2.50 bits per heavy atom. The summed E-state index contributed by atoms with van der Waals surface area (Å²) >= 11 is 1.76. The van der Waals surface area contributed by atoms with Gasteiger partial charge < -0.3 is 0 Å². The summed E-state index contributed by atoms with van der Waals surface area (Å²) in [5.74, 6) is 2.73. The van der Waals surface area contributed by atoms with Crippen LogP contribution in [0.3, 0.4) is 0 Å². The molecule has 0 atom stereocenters. The van der Waals surface area contributed by atoms with Crippen LogP contribution < -0.4 is 0 Å². The van der Waals surface area contributed by atoms with E-state index in [0.29, 0.717) is 5.75 Å². The molecule has 0 amide bonds. The van der Waals surface area contributed by atoms with E-state index in [1.165, 1.54) is 50.5 Å². The topological polar surface area (TPSA) is 17.1 Å². The van der Waals surface area contributed by atoms with Crippen molar-refractivity contribution in [2.24, 2.45) is 0 Å². The van der Waals surface area contributed by atoms with E-state index >= 15 is 0 Å². The third-order valence-corrected chi connectivity index (χ3v) is 5.23. The zero-order valence-electron chi connectivity index (χ0n) is 12.6. The molecule has 0 spiro atoms. The summed E-state index contributed by atoms with van der Waals surface area (Å²) in [5, 5.41) is 0. The number of Topliss-reactive ketones (excluding diaryl/α,β-unsaturated/α-hetero) is 1. The molecule has 0 unspecified atom stereocenters. The van der Waals surface area contributed by atoms with E-state index in [1.807, 2.05) is 12.1 Å². The fourth-order valence-corrected chi connectivity index (χ4v) is 3.86. The maximum Gasteiger partial charge on any atom is 0.172 e. The van der Waals surface area contributed by atoms with E-state index in [-0.39, 0.29) is 5.78 Å². The number of carbonyl (C=O) groups is 1. The molecule has 0 N–H and O–H groups in total.